The van der Waals surface area contributed by atoms with Crippen LogP contribution in [0.15, 0.2) is 21.8 Å². The Labute approximate surface area is 147 Å². The second-order valence-electron chi connectivity index (χ2n) is 6.31. The highest BCUT2D eigenvalue weighted by molar-refractivity contribution is 7.07. The number of hydrogen-bond donors (Lipinski definition) is 2. The number of aromatic nitrogens is 3. The van der Waals surface area contributed by atoms with Gasteiger partial charge in [-0.3, -0.25) is 4.99 Å². The molecule has 0 radical (unpaired) electrons. The van der Waals surface area contributed by atoms with Crippen LogP contribution in [-0.2, 0) is 13.0 Å². The van der Waals surface area contributed by atoms with Gasteiger partial charge in [-0.05, 0) is 42.7 Å². The van der Waals surface area contributed by atoms with Crippen LogP contribution < -0.4 is 10.6 Å². The van der Waals surface area contributed by atoms with Crippen LogP contribution in [0, 0.1) is 6.92 Å². The third kappa shape index (κ3) is 4.14. The van der Waals surface area contributed by atoms with E-state index < -0.39 is 0 Å². The van der Waals surface area contributed by atoms with Gasteiger partial charge in [-0.15, -0.1) is 0 Å². The number of nitrogens with zero attached hydrogens (tertiary/aromatic N) is 4. The van der Waals surface area contributed by atoms with Crippen molar-refractivity contribution < 1.29 is 0 Å². The molecule has 1 aliphatic heterocycles. The van der Waals surface area contributed by atoms with Gasteiger partial charge >= 0.3 is 0 Å². The van der Waals surface area contributed by atoms with Crippen molar-refractivity contribution in [2.75, 3.05) is 13.1 Å². The van der Waals surface area contributed by atoms with Crippen molar-refractivity contribution in [3.05, 3.63) is 34.0 Å². The third-order valence-electron chi connectivity index (χ3n) is 4.28. The number of fused-ring (bicyclic) bond motifs is 1. The van der Waals surface area contributed by atoms with E-state index in [1.165, 1.54) is 5.56 Å². The summed E-state index contributed by atoms with van der Waals surface area (Å²) in [5.41, 5.74) is 1.36. The number of nitrogens with one attached hydrogen (secondary N) is 2. The molecule has 2 atom stereocenters. The Hall–Kier alpha value is -1.89. The van der Waals surface area contributed by atoms with Crippen molar-refractivity contribution in [1.82, 2.24) is 25.4 Å². The third-order valence-corrected chi connectivity index (χ3v) is 4.99. The maximum absolute atomic E-state index is 4.78. The fraction of sp³-hybridized carbons (Fsp3) is 0.588. The molecule has 3 heterocycles. The summed E-state index contributed by atoms with van der Waals surface area (Å²) in [6, 6.07) is 2.52. The number of rotatable bonds is 5. The Bertz CT molecular complexity index is 675. The molecule has 0 spiro atoms. The molecule has 24 heavy (non-hydrogen) atoms. The second-order valence-corrected chi connectivity index (χ2v) is 7.09. The standard InChI is InChI=1S/C17H26N6S/c1-4-18-17(19-9-12(2)14-7-8-24-11-14)21-15-5-6-16-20-13(3)22-23(16)10-15/h7-8,11-12,15H,4-6,9-10H2,1-3H3,(H2,18,19,21). The van der Waals surface area contributed by atoms with E-state index in [0.29, 0.717) is 12.0 Å². The van der Waals surface area contributed by atoms with Crippen LogP contribution in [0.3, 0.4) is 0 Å². The van der Waals surface area contributed by atoms with Gasteiger partial charge in [0.05, 0.1) is 6.54 Å². The van der Waals surface area contributed by atoms with Crippen LogP contribution in [0.1, 0.15) is 43.4 Å². The Balaban J connectivity index is 1.60. The van der Waals surface area contributed by atoms with E-state index in [9.17, 15) is 0 Å². The molecule has 0 bridgehead atoms. The Morgan fingerprint density at radius 2 is 2.42 bits per heavy atom. The average molecular weight is 347 g/mol. The lowest BCUT2D eigenvalue weighted by atomic mass is 10.1. The van der Waals surface area contributed by atoms with E-state index in [1.807, 2.05) is 11.6 Å². The van der Waals surface area contributed by atoms with Crippen molar-refractivity contribution >= 4 is 17.3 Å². The molecule has 0 aromatic carbocycles. The fourth-order valence-corrected chi connectivity index (χ4v) is 3.74. The highest BCUT2D eigenvalue weighted by Gasteiger charge is 2.21. The van der Waals surface area contributed by atoms with Gasteiger partial charge in [-0.2, -0.15) is 16.4 Å². The Kier molecular flexibility index (Phi) is 5.50. The van der Waals surface area contributed by atoms with E-state index in [0.717, 1.165) is 50.1 Å². The van der Waals surface area contributed by atoms with Crippen molar-refractivity contribution in [1.29, 1.82) is 0 Å². The zero-order valence-electron chi connectivity index (χ0n) is 14.6. The number of thiophene rings is 1. The molecule has 2 aromatic rings. The molecule has 2 aromatic heterocycles. The smallest absolute Gasteiger partial charge is 0.191 e. The van der Waals surface area contributed by atoms with Gasteiger partial charge in [0.15, 0.2) is 5.96 Å². The highest BCUT2D eigenvalue weighted by atomic mass is 32.1. The number of hydrogen-bond acceptors (Lipinski definition) is 4. The molecule has 0 fully saturated rings. The number of aliphatic imine (C=N–C) groups is 1. The average Bonchev–Trinajstić information content (AvgIpc) is 3.20. The molecular formula is C17H26N6S. The van der Waals surface area contributed by atoms with Gasteiger partial charge in [0, 0.05) is 31.5 Å². The van der Waals surface area contributed by atoms with Gasteiger partial charge in [-0.1, -0.05) is 6.92 Å². The molecule has 1 aliphatic rings. The highest BCUT2D eigenvalue weighted by Crippen LogP contribution is 2.18. The maximum atomic E-state index is 4.78. The van der Waals surface area contributed by atoms with E-state index in [1.54, 1.807) is 11.3 Å². The molecule has 6 nitrogen and oxygen atoms in total. The van der Waals surface area contributed by atoms with Crippen molar-refractivity contribution in [3.8, 4) is 0 Å². The second kappa shape index (κ2) is 7.79. The lowest BCUT2D eigenvalue weighted by Crippen LogP contribution is -2.47. The Morgan fingerprint density at radius 1 is 1.54 bits per heavy atom. The predicted molar refractivity (Wildman–Crippen MR) is 98.7 cm³/mol. The molecule has 0 saturated carbocycles. The lowest BCUT2D eigenvalue weighted by molar-refractivity contribution is 0.392. The van der Waals surface area contributed by atoms with Crippen LogP contribution in [-0.4, -0.2) is 39.9 Å². The van der Waals surface area contributed by atoms with Crippen molar-refractivity contribution in [2.24, 2.45) is 4.99 Å². The van der Waals surface area contributed by atoms with Crippen molar-refractivity contribution in [2.45, 2.75) is 52.1 Å². The predicted octanol–water partition coefficient (Wildman–Crippen LogP) is 2.32. The quantitative estimate of drug-likeness (QED) is 0.644. The molecule has 130 valence electrons. The van der Waals surface area contributed by atoms with Crippen LogP contribution >= 0.6 is 11.3 Å². The SMILES string of the molecule is CCNC(=NCC(C)c1ccsc1)NC1CCc2nc(C)nn2C1. The van der Waals surface area contributed by atoms with Crippen molar-refractivity contribution in [3.63, 3.8) is 0 Å². The zero-order valence-corrected chi connectivity index (χ0v) is 15.4. The summed E-state index contributed by atoms with van der Waals surface area (Å²) in [5.74, 6) is 3.28. The van der Waals surface area contributed by atoms with Gasteiger partial charge in [0.1, 0.15) is 11.6 Å². The summed E-state index contributed by atoms with van der Waals surface area (Å²) in [5, 5.41) is 15.7. The number of guanidine groups is 1. The van der Waals surface area contributed by atoms with E-state index >= 15 is 0 Å². The molecule has 0 amide bonds. The van der Waals surface area contributed by atoms with Gasteiger partial charge in [0.25, 0.3) is 0 Å². The minimum absolute atomic E-state index is 0.341. The summed E-state index contributed by atoms with van der Waals surface area (Å²) in [7, 11) is 0. The van der Waals surface area contributed by atoms with Crippen LogP contribution in [0.25, 0.3) is 0 Å². The molecule has 7 heteroatoms. The molecular weight excluding hydrogens is 320 g/mol. The Morgan fingerprint density at radius 3 is 3.17 bits per heavy atom. The molecule has 0 aliphatic carbocycles. The molecule has 3 rings (SSSR count). The maximum Gasteiger partial charge on any atom is 0.191 e. The monoisotopic (exact) mass is 346 g/mol. The molecule has 2 N–H and O–H groups in total. The van der Waals surface area contributed by atoms with E-state index in [-0.39, 0.29) is 0 Å². The van der Waals surface area contributed by atoms with Crippen LogP contribution in [0.5, 0.6) is 0 Å². The van der Waals surface area contributed by atoms with E-state index in [2.05, 4.69) is 51.4 Å². The zero-order chi connectivity index (χ0) is 16.9. The minimum atomic E-state index is 0.341. The summed E-state index contributed by atoms with van der Waals surface area (Å²) < 4.78 is 2.02. The summed E-state index contributed by atoms with van der Waals surface area (Å²) in [6.07, 6.45) is 2.02. The first-order valence-corrected chi connectivity index (χ1v) is 9.57. The first kappa shape index (κ1) is 17.0. The first-order valence-electron chi connectivity index (χ1n) is 8.63. The lowest BCUT2D eigenvalue weighted by Gasteiger charge is -2.25. The largest absolute Gasteiger partial charge is 0.357 e. The van der Waals surface area contributed by atoms with Crippen LogP contribution in [0.2, 0.25) is 0 Å². The minimum Gasteiger partial charge on any atom is -0.357 e. The van der Waals surface area contributed by atoms with Gasteiger partial charge in [0.2, 0.25) is 0 Å². The molecule has 0 saturated heterocycles. The number of aryl methyl sites for hydroxylation is 2. The van der Waals surface area contributed by atoms with E-state index in [4.69, 9.17) is 4.99 Å². The van der Waals surface area contributed by atoms with Crippen LogP contribution in [0.4, 0.5) is 0 Å². The van der Waals surface area contributed by atoms with Gasteiger partial charge < -0.3 is 10.6 Å². The molecule has 2 unspecified atom stereocenters. The summed E-state index contributed by atoms with van der Waals surface area (Å²) >= 11 is 1.74. The van der Waals surface area contributed by atoms with Gasteiger partial charge in [-0.25, -0.2) is 9.67 Å². The normalized spacial score (nSPS) is 19.0. The summed E-state index contributed by atoms with van der Waals surface area (Å²) in [4.78, 5) is 9.25. The topological polar surface area (TPSA) is 67.1 Å². The summed E-state index contributed by atoms with van der Waals surface area (Å²) in [6.45, 7) is 8.76. The first-order chi connectivity index (χ1) is 11.7. The fourth-order valence-electron chi connectivity index (χ4n) is 2.95.